The van der Waals surface area contributed by atoms with Crippen LogP contribution < -0.4 is 10.6 Å². The van der Waals surface area contributed by atoms with Crippen LogP contribution in [0.3, 0.4) is 0 Å². The van der Waals surface area contributed by atoms with Crippen molar-refractivity contribution in [3.8, 4) is 0 Å². The highest BCUT2D eigenvalue weighted by Crippen LogP contribution is 2.22. The molecule has 0 bridgehead atoms. The van der Waals surface area contributed by atoms with Crippen molar-refractivity contribution < 1.29 is 4.79 Å². The van der Waals surface area contributed by atoms with Crippen LogP contribution >= 0.6 is 0 Å². The third kappa shape index (κ3) is 5.03. The van der Waals surface area contributed by atoms with E-state index in [1.54, 1.807) is 0 Å². The minimum atomic E-state index is -0.322. The summed E-state index contributed by atoms with van der Waals surface area (Å²) in [5.74, 6) is 0.0723. The van der Waals surface area contributed by atoms with E-state index in [1.165, 1.54) is 5.56 Å². The first-order chi connectivity index (χ1) is 8.85. The van der Waals surface area contributed by atoms with Crippen molar-refractivity contribution in [2.24, 2.45) is 5.41 Å². The van der Waals surface area contributed by atoms with E-state index in [9.17, 15) is 4.79 Å². The number of hydrogen-bond donors (Lipinski definition) is 2. The monoisotopic (exact) mass is 262 g/mol. The molecule has 0 atom stereocenters. The lowest BCUT2D eigenvalue weighted by Gasteiger charge is -2.21. The van der Waals surface area contributed by atoms with Gasteiger partial charge in [-0.15, -0.1) is 0 Å². The molecule has 2 N–H and O–H groups in total. The van der Waals surface area contributed by atoms with E-state index in [0.717, 1.165) is 18.7 Å². The predicted molar refractivity (Wildman–Crippen MR) is 81.1 cm³/mol. The lowest BCUT2D eigenvalue weighted by molar-refractivity contribution is -0.124. The van der Waals surface area contributed by atoms with Gasteiger partial charge in [0.05, 0.1) is 0 Å². The highest BCUT2D eigenvalue weighted by atomic mass is 16.2. The Balaban J connectivity index is 2.60. The summed E-state index contributed by atoms with van der Waals surface area (Å²) in [7, 11) is 0. The Hall–Kier alpha value is -1.35. The van der Waals surface area contributed by atoms with Gasteiger partial charge < -0.3 is 10.6 Å². The molecule has 3 heteroatoms. The minimum absolute atomic E-state index is 0.0723. The van der Waals surface area contributed by atoms with E-state index in [1.807, 2.05) is 45.0 Å². The van der Waals surface area contributed by atoms with Crippen LogP contribution in [0, 0.1) is 5.41 Å². The van der Waals surface area contributed by atoms with Gasteiger partial charge in [0, 0.05) is 23.7 Å². The summed E-state index contributed by atoms with van der Waals surface area (Å²) in [4.78, 5) is 12.0. The fourth-order valence-corrected chi connectivity index (χ4v) is 1.49. The van der Waals surface area contributed by atoms with E-state index >= 15 is 0 Å². The lowest BCUT2D eigenvalue weighted by Crippen LogP contribution is -2.30. The number of nitrogens with one attached hydrogen (secondary N) is 2. The largest absolute Gasteiger partial charge is 0.326 e. The van der Waals surface area contributed by atoms with Crippen LogP contribution in [0.4, 0.5) is 5.69 Å². The van der Waals surface area contributed by atoms with Crippen LogP contribution in [0.25, 0.3) is 0 Å². The van der Waals surface area contributed by atoms with Crippen molar-refractivity contribution >= 4 is 11.6 Å². The molecule has 0 saturated carbocycles. The Kier molecular flexibility index (Phi) is 5.55. The first kappa shape index (κ1) is 15.7. The van der Waals surface area contributed by atoms with Gasteiger partial charge in [0.25, 0.3) is 0 Å². The molecule has 1 aromatic rings. The molecule has 0 aliphatic heterocycles. The summed E-state index contributed by atoms with van der Waals surface area (Å²) in [6.45, 7) is 11.1. The van der Waals surface area contributed by atoms with Crippen molar-refractivity contribution in [2.75, 3.05) is 5.32 Å². The van der Waals surface area contributed by atoms with Gasteiger partial charge >= 0.3 is 0 Å². The Morgan fingerprint density at radius 1 is 1.21 bits per heavy atom. The van der Waals surface area contributed by atoms with E-state index in [-0.39, 0.29) is 11.3 Å². The number of hydrogen-bond acceptors (Lipinski definition) is 2. The number of amides is 1. The summed E-state index contributed by atoms with van der Waals surface area (Å²) >= 11 is 0. The van der Waals surface area contributed by atoms with Gasteiger partial charge in [-0.2, -0.15) is 0 Å². The zero-order valence-corrected chi connectivity index (χ0v) is 12.7. The van der Waals surface area contributed by atoms with Gasteiger partial charge in [-0.1, -0.05) is 46.8 Å². The smallest absolute Gasteiger partial charge is 0.230 e. The molecule has 0 aliphatic carbocycles. The SMILES string of the molecule is CCC(C)(C)C(=O)Nc1ccc(CNC(C)C)cc1. The molecule has 0 radical (unpaired) electrons. The molecule has 0 heterocycles. The molecular formula is C16H26N2O. The second kappa shape index (κ2) is 6.71. The van der Waals surface area contributed by atoms with E-state index in [2.05, 4.69) is 24.5 Å². The molecule has 0 saturated heterocycles. The molecule has 1 amide bonds. The first-order valence-electron chi connectivity index (χ1n) is 6.99. The Morgan fingerprint density at radius 3 is 2.26 bits per heavy atom. The van der Waals surface area contributed by atoms with E-state index in [4.69, 9.17) is 0 Å². The summed E-state index contributed by atoms with van der Waals surface area (Å²) in [5.41, 5.74) is 1.76. The Bertz CT molecular complexity index is 407. The van der Waals surface area contributed by atoms with Crippen LogP contribution in [0.1, 0.15) is 46.6 Å². The second-order valence-corrected chi connectivity index (χ2v) is 5.92. The maximum Gasteiger partial charge on any atom is 0.230 e. The number of carbonyl (C=O) groups is 1. The first-order valence-corrected chi connectivity index (χ1v) is 6.99. The molecule has 3 nitrogen and oxygen atoms in total. The minimum Gasteiger partial charge on any atom is -0.326 e. The number of rotatable bonds is 6. The fourth-order valence-electron chi connectivity index (χ4n) is 1.49. The van der Waals surface area contributed by atoms with Crippen molar-refractivity contribution in [2.45, 2.75) is 53.6 Å². The molecule has 0 unspecified atom stereocenters. The molecule has 1 aromatic carbocycles. The van der Waals surface area contributed by atoms with Crippen LogP contribution in [-0.4, -0.2) is 11.9 Å². The maximum absolute atomic E-state index is 12.0. The molecule has 0 fully saturated rings. The summed E-state index contributed by atoms with van der Waals surface area (Å²) in [5, 5.41) is 6.33. The second-order valence-electron chi connectivity index (χ2n) is 5.92. The van der Waals surface area contributed by atoms with Crippen LogP contribution in [0.5, 0.6) is 0 Å². The highest BCUT2D eigenvalue weighted by Gasteiger charge is 2.25. The summed E-state index contributed by atoms with van der Waals surface area (Å²) < 4.78 is 0. The van der Waals surface area contributed by atoms with Crippen LogP contribution in [0.15, 0.2) is 24.3 Å². The van der Waals surface area contributed by atoms with Crippen molar-refractivity contribution in [1.82, 2.24) is 5.32 Å². The van der Waals surface area contributed by atoms with E-state index < -0.39 is 0 Å². The molecule has 1 rings (SSSR count). The zero-order chi connectivity index (χ0) is 14.5. The normalized spacial score (nSPS) is 11.7. The Labute approximate surface area is 116 Å². The van der Waals surface area contributed by atoms with Gasteiger partial charge in [0.15, 0.2) is 0 Å². The highest BCUT2D eigenvalue weighted by molar-refractivity contribution is 5.94. The van der Waals surface area contributed by atoms with Gasteiger partial charge in [-0.3, -0.25) is 4.79 Å². The van der Waals surface area contributed by atoms with E-state index in [0.29, 0.717) is 6.04 Å². The third-order valence-electron chi connectivity index (χ3n) is 3.42. The van der Waals surface area contributed by atoms with Crippen LogP contribution in [0.2, 0.25) is 0 Å². The number of benzene rings is 1. The average molecular weight is 262 g/mol. The third-order valence-corrected chi connectivity index (χ3v) is 3.42. The van der Waals surface area contributed by atoms with Gasteiger partial charge in [-0.25, -0.2) is 0 Å². The predicted octanol–water partition coefficient (Wildman–Crippen LogP) is 3.56. The lowest BCUT2D eigenvalue weighted by atomic mass is 9.89. The quantitative estimate of drug-likeness (QED) is 0.823. The van der Waals surface area contributed by atoms with Gasteiger partial charge in [0.1, 0.15) is 0 Å². The number of carbonyl (C=O) groups excluding carboxylic acids is 1. The zero-order valence-electron chi connectivity index (χ0n) is 12.7. The molecular weight excluding hydrogens is 236 g/mol. The molecule has 0 spiro atoms. The molecule has 106 valence electrons. The standard InChI is InChI=1S/C16H26N2O/c1-6-16(4,5)15(19)18-14-9-7-13(8-10-14)11-17-12(2)3/h7-10,12,17H,6,11H2,1-5H3,(H,18,19). The van der Waals surface area contributed by atoms with Crippen molar-refractivity contribution in [3.63, 3.8) is 0 Å². The molecule has 19 heavy (non-hydrogen) atoms. The Morgan fingerprint density at radius 2 is 1.79 bits per heavy atom. The van der Waals surface area contributed by atoms with Crippen molar-refractivity contribution in [3.05, 3.63) is 29.8 Å². The van der Waals surface area contributed by atoms with Crippen LogP contribution in [-0.2, 0) is 11.3 Å². The maximum atomic E-state index is 12.0. The fraction of sp³-hybridized carbons (Fsp3) is 0.562. The topological polar surface area (TPSA) is 41.1 Å². The number of anilines is 1. The molecule has 0 aliphatic rings. The summed E-state index contributed by atoms with van der Waals surface area (Å²) in [6, 6.07) is 8.49. The van der Waals surface area contributed by atoms with Gasteiger partial charge in [-0.05, 0) is 24.1 Å². The average Bonchev–Trinajstić information content (AvgIpc) is 2.37. The summed E-state index contributed by atoms with van der Waals surface area (Å²) in [6.07, 6.45) is 0.829. The van der Waals surface area contributed by atoms with Gasteiger partial charge in [0.2, 0.25) is 5.91 Å². The molecule has 0 aromatic heterocycles. The van der Waals surface area contributed by atoms with Crippen molar-refractivity contribution in [1.29, 1.82) is 0 Å².